The average molecular weight is 457 g/mol. The summed E-state index contributed by atoms with van der Waals surface area (Å²) in [6, 6.07) is 5.45. The summed E-state index contributed by atoms with van der Waals surface area (Å²) in [4.78, 5) is 44.9. The number of aromatic nitrogens is 2. The lowest BCUT2D eigenvalue weighted by Gasteiger charge is -2.32. The molecule has 12 heteroatoms. The number of benzene rings is 1. The van der Waals surface area contributed by atoms with Crippen LogP contribution in [-0.2, 0) is 9.59 Å². The van der Waals surface area contributed by atoms with Crippen LogP contribution in [0.1, 0.15) is 29.0 Å². The Morgan fingerprint density at radius 3 is 2.58 bits per heavy atom. The summed E-state index contributed by atoms with van der Waals surface area (Å²) < 4.78 is 0. The fourth-order valence-electron chi connectivity index (χ4n) is 3.52. The second kappa shape index (κ2) is 10.0. The van der Waals surface area contributed by atoms with Crippen molar-refractivity contribution in [3.8, 4) is 0 Å². The third-order valence-electron chi connectivity index (χ3n) is 5.23. The number of nitrogen functional groups attached to an aromatic ring is 1. The van der Waals surface area contributed by atoms with E-state index >= 15 is 0 Å². The van der Waals surface area contributed by atoms with Gasteiger partial charge in [-0.25, -0.2) is 14.8 Å². The fraction of sp³-hybridized carbons (Fsp3) is 0.381. The van der Waals surface area contributed by atoms with Crippen LogP contribution in [0.25, 0.3) is 0 Å². The average Bonchev–Trinajstić information content (AvgIpc) is 2.76. The van der Waals surface area contributed by atoms with E-state index in [2.05, 4.69) is 25.9 Å². The lowest BCUT2D eigenvalue weighted by Crippen LogP contribution is -2.42. The van der Waals surface area contributed by atoms with E-state index < -0.39 is 23.9 Å². The molecule has 0 fully saturated rings. The van der Waals surface area contributed by atoms with Crippen LogP contribution in [0.5, 0.6) is 0 Å². The molecule has 7 N–H and O–H groups in total. The number of hydrogen-bond donors (Lipinski definition) is 6. The first kappa shape index (κ1) is 23.6. The number of rotatable bonds is 9. The Bertz CT molecular complexity index is 1040. The number of carbonyl (C=O) groups excluding carboxylic acids is 1. The summed E-state index contributed by atoms with van der Waals surface area (Å²) in [7, 11) is 1.91. The van der Waals surface area contributed by atoms with Crippen molar-refractivity contribution in [2.75, 3.05) is 41.4 Å². The van der Waals surface area contributed by atoms with Crippen LogP contribution in [0.15, 0.2) is 24.3 Å². The van der Waals surface area contributed by atoms with Gasteiger partial charge in [0.15, 0.2) is 11.6 Å². The highest BCUT2D eigenvalue weighted by Gasteiger charge is 2.24. The van der Waals surface area contributed by atoms with Gasteiger partial charge in [0.25, 0.3) is 5.91 Å². The van der Waals surface area contributed by atoms with Crippen molar-refractivity contribution in [3.63, 3.8) is 0 Å². The standard InChI is InChI=1S/C21H27N7O5/c1-11-24-18(22)17-19(25-11)23-9-13(26-17)10-28(2)14-5-3-12(4-6-14)20(31)27-15(21(32)33)7-8-16(29)30/h3-6,13,15,26H,7-10H2,1-2H3,(H,27,31)(H,29,30)(H,32,33)(H3,22,23,24,25)/t13?,15-/m0/s1. The zero-order valence-corrected chi connectivity index (χ0v) is 18.3. The summed E-state index contributed by atoms with van der Waals surface area (Å²) in [5.74, 6) is -1.33. The Hall–Kier alpha value is -4.09. The van der Waals surface area contributed by atoms with Crippen LogP contribution in [0.4, 0.5) is 23.0 Å². The maximum Gasteiger partial charge on any atom is 0.326 e. The van der Waals surface area contributed by atoms with E-state index in [0.717, 1.165) is 5.69 Å². The highest BCUT2D eigenvalue weighted by molar-refractivity contribution is 5.97. The number of nitrogens with one attached hydrogen (secondary N) is 3. The summed E-state index contributed by atoms with van der Waals surface area (Å²) >= 11 is 0. The molecule has 0 aliphatic carbocycles. The summed E-state index contributed by atoms with van der Waals surface area (Å²) in [6.45, 7) is 3.04. The first-order chi connectivity index (χ1) is 15.6. The van der Waals surface area contributed by atoms with Gasteiger partial charge in [-0.2, -0.15) is 0 Å². The van der Waals surface area contributed by atoms with Crippen LogP contribution in [0, 0.1) is 6.92 Å². The molecule has 2 aromatic rings. The molecule has 12 nitrogen and oxygen atoms in total. The fourth-order valence-corrected chi connectivity index (χ4v) is 3.52. The number of fused-ring (bicyclic) bond motifs is 1. The molecular weight excluding hydrogens is 430 g/mol. The van der Waals surface area contributed by atoms with E-state index in [9.17, 15) is 19.5 Å². The normalized spacial score (nSPS) is 15.4. The molecule has 176 valence electrons. The number of amides is 1. The largest absolute Gasteiger partial charge is 0.481 e. The number of nitrogens with two attached hydrogens (primary N) is 1. The molecule has 0 saturated carbocycles. The SMILES string of the molecule is Cc1nc(N)c2c(n1)NCC(CN(C)c1ccc(C(=O)N[C@@H](CCC(=O)O)C(=O)O)cc1)N2. The monoisotopic (exact) mass is 457 g/mol. The van der Waals surface area contributed by atoms with Crippen molar-refractivity contribution in [3.05, 3.63) is 35.7 Å². The number of aliphatic carboxylic acids is 2. The first-order valence-electron chi connectivity index (χ1n) is 10.3. The second-order valence-electron chi connectivity index (χ2n) is 7.83. The van der Waals surface area contributed by atoms with Crippen LogP contribution in [0.3, 0.4) is 0 Å². The second-order valence-corrected chi connectivity index (χ2v) is 7.83. The van der Waals surface area contributed by atoms with Gasteiger partial charge in [0.1, 0.15) is 17.6 Å². The minimum atomic E-state index is -1.28. The van der Waals surface area contributed by atoms with Gasteiger partial charge in [0.05, 0.1) is 6.04 Å². The van der Waals surface area contributed by atoms with Gasteiger partial charge in [0.2, 0.25) is 0 Å². The van der Waals surface area contributed by atoms with Crippen molar-refractivity contribution in [1.29, 1.82) is 0 Å². The molecule has 0 saturated heterocycles. The number of carbonyl (C=O) groups is 3. The summed E-state index contributed by atoms with van der Waals surface area (Å²) in [5, 5.41) is 26.9. The molecular formula is C21H27N7O5. The van der Waals surface area contributed by atoms with Crippen LogP contribution in [-0.4, -0.2) is 70.2 Å². The van der Waals surface area contributed by atoms with Crippen molar-refractivity contribution >= 4 is 40.9 Å². The van der Waals surface area contributed by atoms with Crippen LogP contribution < -0.4 is 26.6 Å². The number of anilines is 4. The minimum absolute atomic E-state index is 0.0321. The third-order valence-corrected chi connectivity index (χ3v) is 5.23. The predicted octanol–water partition coefficient (Wildman–Crippen LogP) is 0.757. The van der Waals surface area contributed by atoms with Crippen LogP contribution >= 0.6 is 0 Å². The van der Waals surface area contributed by atoms with Gasteiger partial charge in [-0.1, -0.05) is 0 Å². The number of carboxylic acid groups (broad SMARTS) is 2. The molecule has 2 atom stereocenters. The lowest BCUT2D eigenvalue weighted by molar-refractivity contribution is -0.140. The van der Waals surface area contributed by atoms with E-state index in [1.165, 1.54) is 0 Å². The highest BCUT2D eigenvalue weighted by atomic mass is 16.4. The predicted molar refractivity (Wildman–Crippen MR) is 123 cm³/mol. The van der Waals surface area contributed by atoms with E-state index in [1.807, 2.05) is 11.9 Å². The third kappa shape index (κ3) is 5.99. The maximum atomic E-state index is 12.4. The Labute approximate surface area is 190 Å². The molecule has 1 aliphatic rings. The highest BCUT2D eigenvalue weighted by Crippen LogP contribution is 2.29. The zero-order valence-electron chi connectivity index (χ0n) is 18.3. The van der Waals surface area contributed by atoms with Crippen LogP contribution in [0.2, 0.25) is 0 Å². The number of carboxylic acids is 2. The van der Waals surface area contributed by atoms with E-state index in [0.29, 0.717) is 36.2 Å². The van der Waals surface area contributed by atoms with Gasteiger partial charge < -0.3 is 36.8 Å². The molecule has 1 aromatic heterocycles. The molecule has 0 radical (unpaired) electrons. The van der Waals surface area contributed by atoms with Gasteiger partial charge in [-0.15, -0.1) is 0 Å². The molecule has 33 heavy (non-hydrogen) atoms. The molecule has 0 bridgehead atoms. The number of aryl methyl sites for hydroxylation is 1. The quantitative estimate of drug-likeness (QED) is 0.312. The topological polar surface area (TPSA) is 183 Å². The Morgan fingerprint density at radius 1 is 1.24 bits per heavy atom. The van der Waals surface area contributed by atoms with Gasteiger partial charge >= 0.3 is 11.9 Å². The van der Waals surface area contributed by atoms with E-state index in [4.69, 9.17) is 10.8 Å². The number of hydrogen-bond acceptors (Lipinski definition) is 9. The van der Waals surface area contributed by atoms with Crippen molar-refractivity contribution in [2.24, 2.45) is 0 Å². The molecule has 1 aliphatic heterocycles. The molecule has 1 aromatic carbocycles. The van der Waals surface area contributed by atoms with Gasteiger partial charge in [0, 0.05) is 37.8 Å². The van der Waals surface area contributed by atoms with E-state index in [1.54, 1.807) is 31.2 Å². The molecule has 3 rings (SSSR count). The van der Waals surface area contributed by atoms with Gasteiger partial charge in [-0.05, 0) is 37.6 Å². The summed E-state index contributed by atoms with van der Waals surface area (Å²) in [6.07, 6.45) is -0.551. The molecule has 1 unspecified atom stereocenters. The molecule has 1 amide bonds. The van der Waals surface area contributed by atoms with Gasteiger partial charge in [-0.3, -0.25) is 9.59 Å². The Kier molecular flexibility index (Phi) is 7.16. The molecule has 0 spiro atoms. The Morgan fingerprint density at radius 2 is 1.94 bits per heavy atom. The number of likely N-dealkylation sites (N-methyl/N-ethyl adjacent to an activating group) is 1. The smallest absolute Gasteiger partial charge is 0.326 e. The Balaban J connectivity index is 1.59. The molecule has 2 heterocycles. The van der Waals surface area contributed by atoms with E-state index in [-0.39, 0.29) is 24.4 Å². The van der Waals surface area contributed by atoms with Crippen molar-refractivity contribution in [1.82, 2.24) is 15.3 Å². The zero-order chi connectivity index (χ0) is 24.1. The summed E-state index contributed by atoms with van der Waals surface area (Å²) in [5.41, 5.74) is 7.81. The first-order valence-corrected chi connectivity index (χ1v) is 10.3. The lowest BCUT2D eigenvalue weighted by atomic mass is 10.1. The van der Waals surface area contributed by atoms with Crippen molar-refractivity contribution in [2.45, 2.75) is 31.8 Å². The van der Waals surface area contributed by atoms with Crippen molar-refractivity contribution < 1.29 is 24.6 Å². The number of nitrogens with zero attached hydrogens (tertiary/aromatic N) is 3. The maximum absolute atomic E-state index is 12.4. The minimum Gasteiger partial charge on any atom is -0.481 e.